The topological polar surface area (TPSA) is 162 Å². The SMILES string of the molecule is CCCCCCCCCCC[C@H](CC(=O)N[C@H]1[C@@H](OCCOC(C)=O)O[C@H](COC(C)=O)[C@@H](OC(C)=O)[C@@H]1OC(C)=O)OCc1ccccc1. The van der Waals surface area contributed by atoms with Crippen molar-refractivity contribution in [2.24, 2.45) is 0 Å². The van der Waals surface area contributed by atoms with Crippen LogP contribution in [0, 0.1) is 0 Å². The highest BCUT2D eigenvalue weighted by atomic mass is 16.7. The second-order valence-electron chi connectivity index (χ2n) is 12.5. The lowest BCUT2D eigenvalue weighted by atomic mass is 9.95. The number of benzene rings is 1. The molecule has 6 atom stereocenters. The molecule has 282 valence electrons. The summed E-state index contributed by atoms with van der Waals surface area (Å²) in [5, 5.41) is 2.87. The third kappa shape index (κ3) is 17.9. The van der Waals surface area contributed by atoms with Gasteiger partial charge in [-0.25, -0.2) is 0 Å². The first-order valence-corrected chi connectivity index (χ1v) is 17.8. The fraction of sp³-hybridized carbons (Fsp3) is 0.703. The van der Waals surface area contributed by atoms with Gasteiger partial charge in [-0.15, -0.1) is 0 Å². The number of amides is 1. The number of carbonyl (C=O) groups excluding carboxylic acids is 5. The Morgan fingerprint density at radius 1 is 0.740 bits per heavy atom. The van der Waals surface area contributed by atoms with Crippen molar-refractivity contribution in [2.45, 2.75) is 149 Å². The van der Waals surface area contributed by atoms with E-state index in [1.807, 2.05) is 30.3 Å². The van der Waals surface area contributed by atoms with E-state index in [0.717, 1.165) is 24.8 Å². The minimum absolute atomic E-state index is 0.0115. The van der Waals surface area contributed by atoms with E-state index >= 15 is 0 Å². The molecule has 0 aliphatic carbocycles. The average molecular weight is 708 g/mol. The van der Waals surface area contributed by atoms with Crippen molar-refractivity contribution in [2.75, 3.05) is 19.8 Å². The van der Waals surface area contributed by atoms with Crippen molar-refractivity contribution >= 4 is 29.8 Å². The van der Waals surface area contributed by atoms with Crippen molar-refractivity contribution in [1.29, 1.82) is 0 Å². The van der Waals surface area contributed by atoms with Crippen molar-refractivity contribution in [3.05, 3.63) is 35.9 Å². The number of hydrogen-bond donors (Lipinski definition) is 1. The summed E-state index contributed by atoms with van der Waals surface area (Å²) < 4.78 is 39.5. The molecule has 0 bridgehead atoms. The minimum Gasteiger partial charge on any atom is -0.463 e. The Labute approximate surface area is 296 Å². The van der Waals surface area contributed by atoms with Crippen LogP contribution in [0.1, 0.15) is 111 Å². The van der Waals surface area contributed by atoms with Crippen LogP contribution in [0.4, 0.5) is 0 Å². The highest BCUT2D eigenvalue weighted by Crippen LogP contribution is 2.28. The largest absolute Gasteiger partial charge is 0.463 e. The summed E-state index contributed by atoms with van der Waals surface area (Å²) in [7, 11) is 0. The highest BCUT2D eigenvalue weighted by molar-refractivity contribution is 5.77. The molecule has 2 rings (SSSR count). The van der Waals surface area contributed by atoms with Crippen LogP contribution in [0.15, 0.2) is 30.3 Å². The fourth-order valence-electron chi connectivity index (χ4n) is 5.72. The van der Waals surface area contributed by atoms with Crippen LogP contribution >= 0.6 is 0 Å². The molecule has 0 unspecified atom stereocenters. The minimum atomic E-state index is -1.28. The monoisotopic (exact) mass is 707 g/mol. The maximum Gasteiger partial charge on any atom is 0.303 e. The summed E-state index contributed by atoms with van der Waals surface area (Å²) in [6.07, 6.45) is 5.77. The molecule has 1 aromatic carbocycles. The van der Waals surface area contributed by atoms with E-state index in [1.54, 1.807) is 0 Å². The van der Waals surface area contributed by atoms with Crippen LogP contribution < -0.4 is 5.32 Å². The second-order valence-corrected chi connectivity index (χ2v) is 12.5. The summed E-state index contributed by atoms with van der Waals surface area (Å²) in [4.78, 5) is 61.2. The van der Waals surface area contributed by atoms with Gasteiger partial charge in [-0.1, -0.05) is 95.0 Å². The molecule has 0 radical (unpaired) electrons. The maximum absolute atomic E-state index is 13.7. The first kappa shape index (κ1) is 42.6. The molecule has 0 spiro atoms. The normalized spacial score (nSPS) is 20.7. The molecular weight excluding hydrogens is 650 g/mol. The second kappa shape index (κ2) is 24.6. The third-order valence-electron chi connectivity index (χ3n) is 8.07. The van der Waals surface area contributed by atoms with Gasteiger partial charge in [-0.3, -0.25) is 24.0 Å². The van der Waals surface area contributed by atoms with Gasteiger partial charge in [-0.2, -0.15) is 0 Å². The lowest BCUT2D eigenvalue weighted by Gasteiger charge is -2.45. The van der Waals surface area contributed by atoms with Crippen LogP contribution in [0.5, 0.6) is 0 Å². The van der Waals surface area contributed by atoms with Crippen LogP contribution in [0.3, 0.4) is 0 Å². The molecule has 13 nitrogen and oxygen atoms in total. The Balaban J connectivity index is 2.22. The zero-order valence-corrected chi connectivity index (χ0v) is 30.4. The Kier molecular flexibility index (Phi) is 20.9. The van der Waals surface area contributed by atoms with Crippen molar-refractivity contribution in [3.8, 4) is 0 Å². The van der Waals surface area contributed by atoms with E-state index in [1.165, 1.54) is 66.2 Å². The quantitative estimate of drug-likeness (QED) is 0.0861. The standard InChI is InChI=1S/C37H57NO12/c1-6-7-8-9-10-11-12-13-17-20-31(47-24-30-18-15-14-16-19-30)23-33(43)38-34-36(49-29(5)42)35(48-28(4)41)32(25-46-27(3)40)50-37(34)45-22-21-44-26(2)39/h14-16,18-19,31-32,34-37H,6-13,17,20-25H2,1-5H3,(H,38,43)/t31-,32-,34-,35-,36-,37+/m1/s1. The lowest BCUT2D eigenvalue weighted by molar-refractivity contribution is -0.279. The van der Waals surface area contributed by atoms with Gasteiger partial charge in [0.15, 0.2) is 18.5 Å². The first-order valence-electron chi connectivity index (χ1n) is 17.8. The van der Waals surface area contributed by atoms with E-state index in [0.29, 0.717) is 13.0 Å². The van der Waals surface area contributed by atoms with Crippen LogP contribution in [0.25, 0.3) is 0 Å². The number of rotatable bonds is 24. The smallest absolute Gasteiger partial charge is 0.303 e. The predicted molar refractivity (Wildman–Crippen MR) is 182 cm³/mol. The molecule has 1 aliphatic heterocycles. The number of carbonyl (C=O) groups is 5. The third-order valence-corrected chi connectivity index (χ3v) is 8.07. The van der Waals surface area contributed by atoms with E-state index in [2.05, 4.69) is 12.2 Å². The molecule has 13 heteroatoms. The molecule has 1 saturated heterocycles. The van der Waals surface area contributed by atoms with Crippen LogP contribution in [-0.4, -0.2) is 86.4 Å². The van der Waals surface area contributed by atoms with Gasteiger partial charge in [0.25, 0.3) is 0 Å². The molecule has 1 fully saturated rings. The van der Waals surface area contributed by atoms with Gasteiger partial charge in [0.2, 0.25) is 5.91 Å². The summed E-state index contributed by atoms with van der Waals surface area (Å²) in [6.45, 7) is 6.72. The lowest BCUT2D eigenvalue weighted by Crippen LogP contribution is -2.67. The molecule has 1 aliphatic rings. The van der Waals surface area contributed by atoms with Crippen molar-refractivity contribution < 1.29 is 57.1 Å². The molecule has 1 N–H and O–H groups in total. The Hall–Kier alpha value is -3.55. The van der Waals surface area contributed by atoms with Crippen LogP contribution in [-0.2, 0) is 63.7 Å². The van der Waals surface area contributed by atoms with E-state index < -0.39 is 66.5 Å². The number of nitrogens with one attached hydrogen (secondary N) is 1. The van der Waals surface area contributed by atoms with Crippen LogP contribution in [0.2, 0.25) is 0 Å². The molecular formula is C37H57NO12. The number of ether oxygens (including phenoxy) is 7. The molecule has 1 heterocycles. The fourth-order valence-corrected chi connectivity index (χ4v) is 5.72. The highest BCUT2D eigenvalue weighted by Gasteiger charge is 2.51. The van der Waals surface area contributed by atoms with Gasteiger partial charge in [-0.05, 0) is 12.0 Å². The van der Waals surface area contributed by atoms with E-state index in [4.69, 9.17) is 33.2 Å². The van der Waals surface area contributed by atoms with E-state index in [-0.39, 0.29) is 26.2 Å². The summed E-state index contributed by atoms with van der Waals surface area (Å²) in [6, 6.07) is 8.52. The average Bonchev–Trinajstić information content (AvgIpc) is 3.06. The predicted octanol–water partition coefficient (Wildman–Crippen LogP) is 5.10. The summed E-state index contributed by atoms with van der Waals surface area (Å²) >= 11 is 0. The van der Waals surface area contributed by atoms with Gasteiger partial charge in [0.1, 0.15) is 25.4 Å². The zero-order valence-electron chi connectivity index (χ0n) is 30.4. The maximum atomic E-state index is 13.7. The molecule has 0 saturated carbocycles. The van der Waals surface area contributed by atoms with Gasteiger partial charge in [0, 0.05) is 27.7 Å². The molecule has 1 amide bonds. The molecule has 0 aromatic heterocycles. The van der Waals surface area contributed by atoms with Gasteiger partial charge < -0.3 is 38.5 Å². The first-order chi connectivity index (χ1) is 24.0. The Bertz CT molecular complexity index is 1160. The summed E-state index contributed by atoms with van der Waals surface area (Å²) in [5.74, 6) is -2.99. The van der Waals surface area contributed by atoms with Crippen molar-refractivity contribution in [1.82, 2.24) is 5.32 Å². The van der Waals surface area contributed by atoms with Crippen molar-refractivity contribution in [3.63, 3.8) is 0 Å². The van der Waals surface area contributed by atoms with Gasteiger partial charge in [0.05, 0.1) is 25.7 Å². The Morgan fingerprint density at radius 3 is 1.94 bits per heavy atom. The zero-order chi connectivity index (χ0) is 36.7. The van der Waals surface area contributed by atoms with Gasteiger partial charge >= 0.3 is 23.9 Å². The number of unbranched alkanes of at least 4 members (excludes halogenated alkanes) is 8. The van der Waals surface area contributed by atoms with E-state index in [9.17, 15) is 24.0 Å². The number of esters is 4. The summed E-state index contributed by atoms with van der Waals surface area (Å²) in [5.41, 5.74) is 0.977. The Morgan fingerprint density at radius 2 is 1.34 bits per heavy atom. The number of hydrogen-bond acceptors (Lipinski definition) is 12. The molecule has 1 aromatic rings. The molecule has 50 heavy (non-hydrogen) atoms.